The van der Waals surface area contributed by atoms with Crippen LogP contribution in [0.2, 0.25) is 0 Å². The van der Waals surface area contributed by atoms with Crippen molar-refractivity contribution in [3.63, 3.8) is 0 Å². The summed E-state index contributed by atoms with van der Waals surface area (Å²) in [6.45, 7) is 5.50. The molecule has 2 atom stereocenters. The van der Waals surface area contributed by atoms with Gasteiger partial charge in [-0.15, -0.1) is 0 Å². The molecule has 0 spiro atoms. The van der Waals surface area contributed by atoms with Gasteiger partial charge >= 0.3 is 0 Å². The van der Waals surface area contributed by atoms with Gasteiger partial charge in [-0.05, 0) is 45.4 Å². The van der Waals surface area contributed by atoms with Crippen molar-refractivity contribution >= 4 is 0 Å². The van der Waals surface area contributed by atoms with Gasteiger partial charge in [0.05, 0.1) is 12.3 Å². The Morgan fingerprint density at radius 1 is 1.53 bits per heavy atom. The Morgan fingerprint density at radius 2 is 2.29 bits per heavy atom. The van der Waals surface area contributed by atoms with Crippen molar-refractivity contribution in [2.75, 3.05) is 13.6 Å². The minimum Gasteiger partial charge on any atom is -0.468 e. The van der Waals surface area contributed by atoms with Crippen LogP contribution in [-0.2, 0) is 0 Å². The monoisotopic (exact) mass is 236 g/mol. The minimum atomic E-state index is 0.347. The van der Waals surface area contributed by atoms with Crippen LogP contribution in [0, 0.1) is 0 Å². The van der Waals surface area contributed by atoms with E-state index in [0.29, 0.717) is 12.1 Å². The van der Waals surface area contributed by atoms with Gasteiger partial charge in [-0.1, -0.05) is 6.92 Å². The Morgan fingerprint density at radius 3 is 2.82 bits per heavy atom. The second-order valence-corrected chi connectivity index (χ2v) is 5.13. The molecule has 17 heavy (non-hydrogen) atoms. The van der Waals surface area contributed by atoms with Crippen molar-refractivity contribution in [2.45, 2.75) is 51.2 Å². The summed E-state index contributed by atoms with van der Waals surface area (Å²) in [5.41, 5.74) is 0. The molecular formula is C14H24N2O. The predicted molar refractivity (Wildman–Crippen MR) is 70.0 cm³/mol. The zero-order chi connectivity index (χ0) is 12.3. The number of likely N-dealkylation sites (N-methyl/N-ethyl adjacent to an activating group) is 1. The molecule has 0 bridgehead atoms. The van der Waals surface area contributed by atoms with E-state index in [1.54, 1.807) is 6.26 Å². The standard InChI is InChI=1S/C14H24N2O/c1-4-13(14-6-5-9-17-14)15-10-11(2)16(3)12-7-8-12/h5-6,9,11-13,15H,4,7-8,10H2,1-3H3. The highest BCUT2D eigenvalue weighted by molar-refractivity contribution is 5.04. The molecule has 0 aromatic carbocycles. The summed E-state index contributed by atoms with van der Waals surface area (Å²) in [6.07, 6.45) is 5.55. The molecule has 2 unspecified atom stereocenters. The summed E-state index contributed by atoms with van der Waals surface area (Å²) in [7, 11) is 2.23. The lowest BCUT2D eigenvalue weighted by atomic mass is 10.1. The summed E-state index contributed by atoms with van der Waals surface area (Å²) in [6, 6.07) is 5.78. The number of nitrogens with zero attached hydrogens (tertiary/aromatic N) is 1. The van der Waals surface area contributed by atoms with E-state index in [-0.39, 0.29) is 0 Å². The molecule has 1 aliphatic carbocycles. The average Bonchev–Trinajstić information content (AvgIpc) is 3.05. The number of hydrogen-bond acceptors (Lipinski definition) is 3. The van der Waals surface area contributed by atoms with E-state index < -0.39 is 0 Å². The molecule has 96 valence electrons. The Bertz CT molecular complexity index is 319. The highest BCUT2D eigenvalue weighted by Crippen LogP contribution is 2.27. The van der Waals surface area contributed by atoms with Crippen LogP contribution in [0.25, 0.3) is 0 Å². The molecule has 0 aliphatic heterocycles. The maximum atomic E-state index is 5.46. The molecule has 1 fully saturated rings. The molecular weight excluding hydrogens is 212 g/mol. The highest BCUT2D eigenvalue weighted by atomic mass is 16.3. The van der Waals surface area contributed by atoms with E-state index in [1.807, 2.05) is 6.07 Å². The Labute approximate surface area is 104 Å². The van der Waals surface area contributed by atoms with Gasteiger partial charge in [-0.2, -0.15) is 0 Å². The fourth-order valence-electron chi connectivity index (χ4n) is 2.23. The van der Waals surface area contributed by atoms with Crippen LogP contribution >= 0.6 is 0 Å². The second-order valence-electron chi connectivity index (χ2n) is 5.13. The van der Waals surface area contributed by atoms with E-state index in [2.05, 4.69) is 37.2 Å². The summed E-state index contributed by atoms with van der Waals surface area (Å²) in [4.78, 5) is 2.49. The van der Waals surface area contributed by atoms with Crippen LogP contribution in [0.15, 0.2) is 22.8 Å². The molecule has 1 aliphatic rings. The van der Waals surface area contributed by atoms with Gasteiger partial charge in [0.1, 0.15) is 5.76 Å². The fraction of sp³-hybridized carbons (Fsp3) is 0.714. The third-order valence-corrected chi connectivity index (χ3v) is 3.77. The fourth-order valence-corrected chi connectivity index (χ4v) is 2.23. The average molecular weight is 236 g/mol. The molecule has 0 amide bonds. The maximum absolute atomic E-state index is 5.46. The van der Waals surface area contributed by atoms with Crippen LogP contribution in [0.3, 0.4) is 0 Å². The highest BCUT2D eigenvalue weighted by Gasteiger charge is 2.29. The summed E-state index contributed by atoms with van der Waals surface area (Å²) < 4.78 is 5.46. The van der Waals surface area contributed by atoms with E-state index >= 15 is 0 Å². The lowest BCUT2D eigenvalue weighted by Crippen LogP contribution is -2.40. The van der Waals surface area contributed by atoms with Gasteiger partial charge in [0.25, 0.3) is 0 Å². The van der Waals surface area contributed by atoms with Crippen LogP contribution in [0.4, 0.5) is 0 Å². The van der Waals surface area contributed by atoms with Crippen molar-refractivity contribution in [3.8, 4) is 0 Å². The zero-order valence-corrected chi connectivity index (χ0v) is 11.1. The van der Waals surface area contributed by atoms with Gasteiger partial charge in [-0.25, -0.2) is 0 Å². The lowest BCUT2D eigenvalue weighted by molar-refractivity contribution is 0.231. The van der Waals surface area contributed by atoms with Gasteiger partial charge in [0, 0.05) is 18.6 Å². The molecule has 0 radical (unpaired) electrons. The van der Waals surface area contributed by atoms with Gasteiger partial charge in [0.15, 0.2) is 0 Å². The SMILES string of the molecule is CCC(NCC(C)N(C)C1CC1)c1ccco1. The number of furan rings is 1. The normalized spacial score (nSPS) is 19.5. The van der Waals surface area contributed by atoms with E-state index in [0.717, 1.165) is 24.8 Å². The summed E-state index contributed by atoms with van der Waals surface area (Å²) >= 11 is 0. The summed E-state index contributed by atoms with van der Waals surface area (Å²) in [5.74, 6) is 1.05. The summed E-state index contributed by atoms with van der Waals surface area (Å²) in [5, 5.41) is 3.60. The van der Waals surface area contributed by atoms with Crippen molar-refractivity contribution in [2.24, 2.45) is 0 Å². The third-order valence-electron chi connectivity index (χ3n) is 3.77. The van der Waals surface area contributed by atoms with Crippen molar-refractivity contribution in [1.82, 2.24) is 10.2 Å². The van der Waals surface area contributed by atoms with Crippen molar-refractivity contribution < 1.29 is 4.42 Å². The van der Waals surface area contributed by atoms with Crippen molar-refractivity contribution in [3.05, 3.63) is 24.2 Å². The molecule has 2 rings (SSSR count). The van der Waals surface area contributed by atoms with Gasteiger partial charge in [-0.3, -0.25) is 4.90 Å². The Balaban J connectivity index is 1.79. The maximum Gasteiger partial charge on any atom is 0.120 e. The minimum absolute atomic E-state index is 0.347. The smallest absolute Gasteiger partial charge is 0.120 e. The van der Waals surface area contributed by atoms with Crippen molar-refractivity contribution in [1.29, 1.82) is 0 Å². The number of hydrogen-bond donors (Lipinski definition) is 1. The van der Waals surface area contributed by atoms with Crippen LogP contribution < -0.4 is 5.32 Å². The molecule has 1 aromatic rings. The first-order valence-corrected chi connectivity index (χ1v) is 6.71. The van der Waals surface area contributed by atoms with Gasteiger partial charge < -0.3 is 9.73 Å². The first-order valence-electron chi connectivity index (χ1n) is 6.71. The van der Waals surface area contributed by atoms with Crippen LogP contribution in [-0.4, -0.2) is 30.6 Å². The quantitative estimate of drug-likeness (QED) is 0.789. The molecule has 3 heteroatoms. The molecule has 0 saturated heterocycles. The Kier molecular flexibility index (Phi) is 4.24. The lowest BCUT2D eigenvalue weighted by Gasteiger charge is -2.26. The molecule has 1 saturated carbocycles. The largest absolute Gasteiger partial charge is 0.468 e. The topological polar surface area (TPSA) is 28.4 Å². The zero-order valence-electron chi connectivity index (χ0n) is 11.1. The first-order chi connectivity index (χ1) is 8.22. The van der Waals surface area contributed by atoms with E-state index in [1.165, 1.54) is 12.8 Å². The number of nitrogens with one attached hydrogen (secondary N) is 1. The molecule has 1 N–H and O–H groups in total. The second kappa shape index (κ2) is 5.69. The molecule has 1 heterocycles. The van der Waals surface area contributed by atoms with Crippen LogP contribution in [0.1, 0.15) is 44.9 Å². The van der Waals surface area contributed by atoms with Gasteiger partial charge in [0.2, 0.25) is 0 Å². The number of rotatable bonds is 7. The van der Waals surface area contributed by atoms with Crippen LogP contribution in [0.5, 0.6) is 0 Å². The molecule has 1 aromatic heterocycles. The third kappa shape index (κ3) is 3.33. The Hall–Kier alpha value is -0.800. The van der Waals surface area contributed by atoms with E-state index in [4.69, 9.17) is 4.42 Å². The first kappa shape index (κ1) is 12.7. The molecule has 3 nitrogen and oxygen atoms in total. The predicted octanol–water partition coefficient (Wildman–Crippen LogP) is 2.80. The van der Waals surface area contributed by atoms with E-state index in [9.17, 15) is 0 Å².